The van der Waals surface area contributed by atoms with Crippen molar-refractivity contribution in [3.63, 3.8) is 0 Å². The summed E-state index contributed by atoms with van der Waals surface area (Å²) in [4.78, 5) is 2.85. The molecule has 1 aliphatic carbocycles. The molecule has 1 heterocycles. The Balaban J connectivity index is 1.75. The molecular formula is C17H34N2. The molecule has 0 amide bonds. The van der Waals surface area contributed by atoms with Crippen molar-refractivity contribution in [1.82, 2.24) is 10.2 Å². The van der Waals surface area contributed by atoms with Crippen molar-refractivity contribution >= 4 is 0 Å². The molecule has 2 nitrogen and oxygen atoms in total. The number of hydrogen-bond acceptors (Lipinski definition) is 2. The lowest BCUT2D eigenvalue weighted by atomic mass is 9.77. The molecule has 0 bridgehead atoms. The van der Waals surface area contributed by atoms with Crippen LogP contribution >= 0.6 is 0 Å². The SMILES string of the molecule is CC(C)CNCCC(C)N1CCCC2CCCCC21. The number of hydrogen-bond donors (Lipinski definition) is 1. The van der Waals surface area contributed by atoms with Crippen LogP contribution in [-0.4, -0.2) is 36.6 Å². The number of fused-ring (bicyclic) bond motifs is 1. The zero-order chi connectivity index (χ0) is 13.7. The molecule has 19 heavy (non-hydrogen) atoms. The van der Waals surface area contributed by atoms with Crippen LogP contribution in [0.5, 0.6) is 0 Å². The number of likely N-dealkylation sites (tertiary alicyclic amines) is 1. The molecule has 3 unspecified atom stereocenters. The second kappa shape index (κ2) is 7.64. The standard InChI is InChI=1S/C17H34N2/c1-14(2)13-18-11-10-15(3)19-12-6-8-16-7-4-5-9-17(16)19/h14-18H,4-13H2,1-3H3. The molecule has 1 N–H and O–H groups in total. The molecule has 2 aliphatic rings. The average molecular weight is 266 g/mol. The Morgan fingerprint density at radius 1 is 1.05 bits per heavy atom. The Morgan fingerprint density at radius 3 is 2.58 bits per heavy atom. The Kier molecular flexibility index (Phi) is 6.15. The molecule has 2 rings (SSSR count). The van der Waals surface area contributed by atoms with E-state index in [0.29, 0.717) is 0 Å². The van der Waals surface area contributed by atoms with Gasteiger partial charge in [-0.3, -0.25) is 4.90 Å². The molecule has 0 spiro atoms. The summed E-state index contributed by atoms with van der Waals surface area (Å²) in [6.07, 6.45) is 10.2. The van der Waals surface area contributed by atoms with Crippen molar-refractivity contribution in [2.75, 3.05) is 19.6 Å². The first-order valence-electron chi connectivity index (χ1n) is 8.65. The van der Waals surface area contributed by atoms with E-state index in [-0.39, 0.29) is 0 Å². The van der Waals surface area contributed by atoms with E-state index in [9.17, 15) is 0 Å². The lowest BCUT2D eigenvalue weighted by molar-refractivity contribution is 0.0288. The minimum Gasteiger partial charge on any atom is -0.316 e. The minimum atomic E-state index is 0.769. The second-order valence-electron chi connectivity index (χ2n) is 7.23. The van der Waals surface area contributed by atoms with Crippen LogP contribution in [0.2, 0.25) is 0 Å². The minimum absolute atomic E-state index is 0.769. The van der Waals surface area contributed by atoms with Gasteiger partial charge < -0.3 is 5.32 Å². The van der Waals surface area contributed by atoms with Crippen LogP contribution in [0.1, 0.15) is 65.7 Å². The highest BCUT2D eigenvalue weighted by molar-refractivity contribution is 4.89. The Labute approximate surface area is 120 Å². The smallest absolute Gasteiger partial charge is 0.0126 e. The highest BCUT2D eigenvalue weighted by Crippen LogP contribution is 2.36. The third-order valence-corrected chi connectivity index (χ3v) is 5.14. The monoisotopic (exact) mass is 266 g/mol. The fourth-order valence-electron chi connectivity index (χ4n) is 4.08. The lowest BCUT2D eigenvalue weighted by Crippen LogP contribution is -2.51. The van der Waals surface area contributed by atoms with Crippen LogP contribution in [0.15, 0.2) is 0 Å². The zero-order valence-corrected chi connectivity index (χ0v) is 13.3. The third kappa shape index (κ3) is 4.46. The largest absolute Gasteiger partial charge is 0.316 e. The van der Waals surface area contributed by atoms with Crippen LogP contribution < -0.4 is 5.32 Å². The summed E-state index contributed by atoms with van der Waals surface area (Å²) in [7, 11) is 0. The number of nitrogens with one attached hydrogen (secondary N) is 1. The summed E-state index contributed by atoms with van der Waals surface area (Å²) in [6, 6.07) is 1.69. The first kappa shape index (κ1) is 15.3. The Hall–Kier alpha value is -0.0800. The van der Waals surface area contributed by atoms with E-state index in [1.54, 1.807) is 0 Å². The van der Waals surface area contributed by atoms with Crippen LogP contribution in [0.3, 0.4) is 0 Å². The van der Waals surface area contributed by atoms with Gasteiger partial charge in [0.05, 0.1) is 0 Å². The van der Waals surface area contributed by atoms with E-state index >= 15 is 0 Å². The lowest BCUT2D eigenvalue weighted by Gasteiger charge is -2.47. The van der Waals surface area contributed by atoms with Crippen LogP contribution in [0.4, 0.5) is 0 Å². The quantitative estimate of drug-likeness (QED) is 0.738. The summed E-state index contributed by atoms with van der Waals surface area (Å²) in [6.45, 7) is 10.7. The summed E-state index contributed by atoms with van der Waals surface area (Å²) < 4.78 is 0. The molecule has 1 saturated heterocycles. The van der Waals surface area contributed by atoms with Gasteiger partial charge >= 0.3 is 0 Å². The van der Waals surface area contributed by atoms with Gasteiger partial charge in [-0.2, -0.15) is 0 Å². The van der Waals surface area contributed by atoms with Gasteiger partial charge in [0.1, 0.15) is 0 Å². The van der Waals surface area contributed by atoms with Crippen LogP contribution in [0, 0.1) is 11.8 Å². The molecule has 0 aromatic heterocycles. The van der Waals surface area contributed by atoms with Crippen molar-refractivity contribution in [2.45, 2.75) is 77.8 Å². The van der Waals surface area contributed by atoms with Gasteiger partial charge in [-0.25, -0.2) is 0 Å². The molecule has 2 fully saturated rings. The third-order valence-electron chi connectivity index (χ3n) is 5.14. The fourth-order valence-corrected chi connectivity index (χ4v) is 4.08. The molecule has 112 valence electrons. The van der Waals surface area contributed by atoms with Gasteiger partial charge in [-0.1, -0.05) is 26.7 Å². The number of rotatable bonds is 6. The normalized spacial score (nSPS) is 30.3. The molecule has 0 radical (unpaired) electrons. The van der Waals surface area contributed by atoms with Crippen LogP contribution in [0.25, 0.3) is 0 Å². The van der Waals surface area contributed by atoms with Gasteiger partial charge in [0, 0.05) is 12.1 Å². The van der Waals surface area contributed by atoms with Crippen LogP contribution in [-0.2, 0) is 0 Å². The van der Waals surface area contributed by atoms with Crippen molar-refractivity contribution in [3.05, 3.63) is 0 Å². The number of nitrogens with zero attached hydrogens (tertiary/aromatic N) is 1. The second-order valence-corrected chi connectivity index (χ2v) is 7.23. The summed E-state index contributed by atoms with van der Waals surface area (Å²) in [5.74, 6) is 1.79. The van der Waals surface area contributed by atoms with Gasteiger partial charge in [0.15, 0.2) is 0 Å². The Morgan fingerprint density at radius 2 is 1.79 bits per heavy atom. The summed E-state index contributed by atoms with van der Waals surface area (Å²) in [5.41, 5.74) is 0. The van der Waals surface area contributed by atoms with E-state index in [0.717, 1.165) is 23.9 Å². The Bertz CT molecular complexity index is 250. The maximum Gasteiger partial charge on any atom is 0.0126 e. The molecule has 0 aromatic rings. The fraction of sp³-hybridized carbons (Fsp3) is 1.00. The van der Waals surface area contributed by atoms with E-state index < -0.39 is 0 Å². The van der Waals surface area contributed by atoms with E-state index in [4.69, 9.17) is 0 Å². The number of piperidine rings is 1. The van der Waals surface area contributed by atoms with E-state index in [2.05, 4.69) is 31.0 Å². The summed E-state index contributed by atoms with van der Waals surface area (Å²) in [5, 5.41) is 3.60. The highest BCUT2D eigenvalue weighted by Gasteiger charge is 2.34. The van der Waals surface area contributed by atoms with Crippen molar-refractivity contribution in [1.29, 1.82) is 0 Å². The zero-order valence-electron chi connectivity index (χ0n) is 13.3. The van der Waals surface area contributed by atoms with Crippen molar-refractivity contribution < 1.29 is 0 Å². The van der Waals surface area contributed by atoms with Crippen molar-refractivity contribution in [2.24, 2.45) is 11.8 Å². The topological polar surface area (TPSA) is 15.3 Å². The van der Waals surface area contributed by atoms with Gasteiger partial charge in [-0.15, -0.1) is 0 Å². The predicted molar refractivity (Wildman–Crippen MR) is 83.5 cm³/mol. The highest BCUT2D eigenvalue weighted by atomic mass is 15.2. The van der Waals surface area contributed by atoms with E-state index in [1.165, 1.54) is 64.6 Å². The predicted octanol–water partition coefficient (Wildman–Crippen LogP) is 3.67. The molecule has 0 aromatic carbocycles. The van der Waals surface area contributed by atoms with Gasteiger partial charge in [0.2, 0.25) is 0 Å². The molecule has 1 aliphatic heterocycles. The maximum absolute atomic E-state index is 3.60. The van der Waals surface area contributed by atoms with E-state index in [1.807, 2.05) is 0 Å². The molecule has 2 heteroatoms. The first-order valence-corrected chi connectivity index (χ1v) is 8.65. The molecule has 3 atom stereocenters. The molecule has 1 saturated carbocycles. The summed E-state index contributed by atoms with van der Waals surface area (Å²) >= 11 is 0. The first-order chi connectivity index (χ1) is 9.18. The molecular weight excluding hydrogens is 232 g/mol. The maximum atomic E-state index is 3.60. The average Bonchev–Trinajstić information content (AvgIpc) is 2.42. The van der Waals surface area contributed by atoms with Gasteiger partial charge in [-0.05, 0) is 70.5 Å². The van der Waals surface area contributed by atoms with Gasteiger partial charge in [0.25, 0.3) is 0 Å². The van der Waals surface area contributed by atoms with Crippen molar-refractivity contribution in [3.8, 4) is 0 Å².